The Balaban J connectivity index is 1.55. The molecular formula is C23H23NO3. The minimum Gasteiger partial charge on any atom is -0.453 e. The lowest BCUT2D eigenvalue weighted by Crippen LogP contribution is -2.30. The van der Waals surface area contributed by atoms with E-state index in [2.05, 4.69) is 5.32 Å². The summed E-state index contributed by atoms with van der Waals surface area (Å²) in [5.74, 6) is -0.687. The fourth-order valence-corrected chi connectivity index (χ4v) is 2.96. The van der Waals surface area contributed by atoms with Gasteiger partial charge in [0, 0.05) is 5.69 Å². The molecule has 2 atom stereocenters. The van der Waals surface area contributed by atoms with Gasteiger partial charge in [-0.05, 0) is 41.3 Å². The van der Waals surface area contributed by atoms with Crippen LogP contribution in [0, 0.1) is 0 Å². The average Bonchev–Trinajstić information content (AvgIpc) is 2.68. The van der Waals surface area contributed by atoms with Crippen molar-refractivity contribution in [2.75, 3.05) is 5.32 Å². The van der Waals surface area contributed by atoms with Crippen molar-refractivity contribution in [3.8, 4) is 0 Å². The summed E-state index contributed by atoms with van der Waals surface area (Å²) in [6.07, 6.45) is -0.621. The van der Waals surface area contributed by atoms with Crippen molar-refractivity contribution in [3.05, 3.63) is 78.4 Å². The topological polar surface area (TPSA) is 55.4 Å². The highest BCUT2D eigenvalue weighted by Gasteiger charge is 2.20. The fourth-order valence-electron chi connectivity index (χ4n) is 2.96. The summed E-state index contributed by atoms with van der Waals surface area (Å²) in [5, 5.41) is 4.95. The van der Waals surface area contributed by atoms with Crippen LogP contribution in [0.2, 0.25) is 0 Å². The van der Waals surface area contributed by atoms with Gasteiger partial charge in [-0.15, -0.1) is 0 Å². The van der Waals surface area contributed by atoms with E-state index in [4.69, 9.17) is 4.74 Å². The third kappa shape index (κ3) is 4.94. The average molecular weight is 361 g/mol. The smallest absolute Gasteiger partial charge is 0.307 e. The zero-order valence-corrected chi connectivity index (χ0v) is 15.5. The summed E-state index contributed by atoms with van der Waals surface area (Å²) in [6, 6.07) is 23.4. The quantitative estimate of drug-likeness (QED) is 0.635. The zero-order chi connectivity index (χ0) is 19.2. The molecule has 0 saturated heterocycles. The van der Waals surface area contributed by atoms with Crippen molar-refractivity contribution in [2.45, 2.75) is 32.3 Å². The zero-order valence-electron chi connectivity index (χ0n) is 15.5. The second-order valence-corrected chi connectivity index (χ2v) is 6.70. The molecule has 0 spiro atoms. The van der Waals surface area contributed by atoms with E-state index in [-0.39, 0.29) is 24.2 Å². The lowest BCUT2D eigenvalue weighted by molar-refractivity contribution is -0.153. The van der Waals surface area contributed by atoms with Gasteiger partial charge in [0.25, 0.3) is 5.91 Å². The molecule has 1 N–H and O–H groups in total. The predicted molar refractivity (Wildman–Crippen MR) is 108 cm³/mol. The Kier molecular flexibility index (Phi) is 5.87. The van der Waals surface area contributed by atoms with Crippen LogP contribution in [0.5, 0.6) is 0 Å². The molecule has 0 aliphatic rings. The molecule has 4 heteroatoms. The van der Waals surface area contributed by atoms with Crippen molar-refractivity contribution in [3.63, 3.8) is 0 Å². The number of hydrogen-bond acceptors (Lipinski definition) is 3. The number of carbonyl (C=O) groups is 2. The van der Waals surface area contributed by atoms with E-state index in [1.165, 1.54) is 0 Å². The highest BCUT2D eigenvalue weighted by Crippen LogP contribution is 2.21. The highest BCUT2D eigenvalue weighted by molar-refractivity contribution is 5.97. The Morgan fingerprint density at radius 1 is 0.889 bits per heavy atom. The largest absolute Gasteiger partial charge is 0.453 e. The summed E-state index contributed by atoms with van der Waals surface area (Å²) in [7, 11) is 0. The second kappa shape index (κ2) is 8.49. The maximum atomic E-state index is 12.4. The monoisotopic (exact) mass is 361 g/mol. The van der Waals surface area contributed by atoms with Crippen molar-refractivity contribution in [2.24, 2.45) is 0 Å². The number of anilines is 1. The van der Waals surface area contributed by atoms with Gasteiger partial charge < -0.3 is 10.1 Å². The minimum atomic E-state index is -0.855. The molecule has 0 radical (unpaired) electrons. The molecule has 3 rings (SSSR count). The second-order valence-electron chi connectivity index (χ2n) is 6.70. The van der Waals surface area contributed by atoms with Gasteiger partial charge in [-0.2, -0.15) is 0 Å². The van der Waals surface area contributed by atoms with Gasteiger partial charge in [-0.3, -0.25) is 9.59 Å². The number of benzene rings is 3. The van der Waals surface area contributed by atoms with E-state index in [1.807, 2.05) is 79.7 Å². The van der Waals surface area contributed by atoms with Crippen molar-refractivity contribution >= 4 is 28.3 Å². The third-order valence-electron chi connectivity index (χ3n) is 4.54. The molecular weight excluding hydrogens is 338 g/mol. The Labute approximate surface area is 159 Å². The van der Waals surface area contributed by atoms with Crippen LogP contribution >= 0.6 is 0 Å². The Morgan fingerprint density at radius 2 is 1.56 bits per heavy atom. The van der Waals surface area contributed by atoms with E-state index in [0.29, 0.717) is 5.69 Å². The number of rotatable bonds is 6. The highest BCUT2D eigenvalue weighted by atomic mass is 16.5. The Bertz CT molecular complexity index is 937. The molecule has 138 valence electrons. The molecule has 0 aromatic heterocycles. The molecule has 3 aromatic carbocycles. The molecule has 0 bridgehead atoms. The van der Waals surface area contributed by atoms with Crippen molar-refractivity contribution in [1.29, 1.82) is 0 Å². The first-order valence-corrected chi connectivity index (χ1v) is 9.07. The van der Waals surface area contributed by atoms with Gasteiger partial charge in [0.2, 0.25) is 0 Å². The summed E-state index contributed by atoms with van der Waals surface area (Å²) < 4.78 is 5.31. The minimum absolute atomic E-state index is 0.0365. The molecule has 1 amide bonds. The van der Waals surface area contributed by atoms with Crippen LogP contribution in [0.1, 0.15) is 31.7 Å². The number of hydrogen-bond donors (Lipinski definition) is 1. The maximum Gasteiger partial charge on any atom is 0.307 e. The number of ether oxygens (including phenoxy) is 1. The van der Waals surface area contributed by atoms with Gasteiger partial charge in [-0.1, -0.05) is 67.6 Å². The predicted octanol–water partition coefficient (Wildman–Crippen LogP) is 4.90. The fraction of sp³-hybridized carbons (Fsp3) is 0.217. The molecule has 3 aromatic rings. The molecule has 0 fully saturated rings. The van der Waals surface area contributed by atoms with Gasteiger partial charge in [0.15, 0.2) is 6.10 Å². The summed E-state index contributed by atoms with van der Waals surface area (Å²) in [6.45, 7) is 3.55. The normalized spacial score (nSPS) is 13.0. The number of nitrogens with one attached hydrogen (secondary N) is 1. The van der Waals surface area contributed by atoms with Crippen LogP contribution in [0.3, 0.4) is 0 Å². The molecule has 27 heavy (non-hydrogen) atoms. The lowest BCUT2D eigenvalue weighted by Gasteiger charge is -2.16. The van der Waals surface area contributed by atoms with Crippen LogP contribution in [0.25, 0.3) is 10.8 Å². The molecule has 0 unspecified atom stereocenters. The van der Waals surface area contributed by atoms with Crippen LogP contribution in [0.4, 0.5) is 5.69 Å². The van der Waals surface area contributed by atoms with Gasteiger partial charge in [0.05, 0.1) is 6.42 Å². The van der Waals surface area contributed by atoms with Gasteiger partial charge in [-0.25, -0.2) is 0 Å². The Hall–Kier alpha value is -3.14. The molecule has 0 saturated carbocycles. The van der Waals surface area contributed by atoms with E-state index >= 15 is 0 Å². The maximum absolute atomic E-state index is 12.4. The summed E-state index contributed by atoms with van der Waals surface area (Å²) >= 11 is 0. The standard InChI is InChI=1S/C23H23NO3/c1-16(18-8-4-3-5-9-18)14-22(25)27-17(2)23(26)24-21-13-12-19-10-6-7-11-20(19)15-21/h3-13,15-17H,14H2,1-2H3,(H,24,26)/t16-,17-/m0/s1. The number of amides is 1. The lowest BCUT2D eigenvalue weighted by atomic mass is 9.98. The first-order chi connectivity index (χ1) is 13.0. The Morgan fingerprint density at radius 3 is 2.30 bits per heavy atom. The van der Waals surface area contributed by atoms with Gasteiger partial charge >= 0.3 is 5.97 Å². The van der Waals surface area contributed by atoms with Crippen molar-refractivity contribution < 1.29 is 14.3 Å². The number of fused-ring (bicyclic) bond motifs is 1. The first kappa shape index (κ1) is 18.6. The van der Waals surface area contributed by atoms with E-state index in [1.54, 1.807) is 6.92 Å². The third-order valence-corrected chi connectivity index (χ3v) is 4.54. The molecule has 0 aliphatic carbocycles. The number of esters is 1. The van der Waals surface area contributed by atoms with E-state index < -0.39 is 6.10 Å². The van der Waals surface area contributed by atoms with Crippen LogP contribution in [-0.4, -0.2) is 18.0 Å². The van der Waals surface area contributed by atoms with Crippen LogP contribution < -0.4 is 5.32 Å². The summed E-state index contributed by atoms with van der Waals surface area (Å²) in [4.78, 5) is 24.5. The van der Waals surface area contributed by atoms with Crippen LogP contribution in [0.15, 0.2) is 72.8 Å². The molecule has 0 aliphatic heterocycles. The summed E-state index contributed by atoms with van der Waals surface area (Å²) in [5.41, 5.74) is 1.75. The molecule has 0 heterocycles. The van der Waals surface area contributed by atoms with E-state index in [0.717, 1.165) is 16.3 Å². The van der Waals surface area contributed by atoms with Crippen LogP contribution in [-0.2, 0) is 14.3 Å². The van der Waals surface area contributed by atoms with E-state index in [9.17, 15) is 9.59 Å². The number of carbonyl (C=O) groups excluding carboxylic acids is 2. The molecule has 4 nitrogen and oxygen atoms in total. The van der Waals surface area contributed by atoms with Gasteiger partial charge in [0.1, 0.15) is 0 Å². The van der Waals surface area contributed by atoms with Crippen molar-refractivity contribution in [1.82, 2.24) is 0 Å². The first-order valence-electron chi connectivity index (χ1n) is 9.07. The SMILES string of the molecule is C[C@H](OC(=O)C[C@H](C)c1ccccc1)C(=O)Nc1ccc2ccccc2c1.